The lowest BCUT2D eigenvalue weighted by Gasteiger charge is -2.36. The number of aromatic nitrogens is 2. The number of anilines is 1. The summed E-state index contributed by atoms with van der Waals surface area (Å²) < 4.78 is 15.5. The molecular formula is C25H23FN4O2S. The fraction of sp³-hybridized carbons (Fsp3) is 0.240. The van der Waals surface area contributed by atoms with Gasteiger partial charge in [0.05, 0.1) is 17.4 Å². The summed E-state index contributed by atoms with van der Waals surface area (Å²) in [5.74, 6) is -0.396. The van der Waals surface area contributed by atoms with E-state index < -0.39 is 0 Å². The number of aryl methyl sites for hydroxylation is 1. The van der Waals surface area contributed by atoms with Crippen LogP contribution in [0.4, 0.5) is 10.1 Å². The summed E-state index contributed by atoms with van der Waals surface area (Å²) in [4.78, 5) is 36.0. The summed E-state index contributed by atoms with van der Waals surface area (Å²) in [6, 6.07) is 16.6. The maximum absolute atomic E-state index is 14.1. The Morgan fingerprint density at radius 1 is 1.03 bits per heavy atom. The molecule has 8 heteroatoms. The maximum Gasteiger partial charge on any atom is 0.262 e. The van der Waals surface area contributed by atoms with Crippen LogP contribution in [0.15, 0.2) is 65.7 Å². The lowest BCUT2D eigenvalue weighted by atomic mass is 10.1. The minimum Gasteiger partial charge on any atom is -0.366 e. The van der Waals surface area contributed by atoms with Crippen molar-refractivity contribution in [1.29, 1.82) is 0 Å². The van der Waals surface area contributed by atoms with Gasteiger partial charge in [0.15, 0.2) is 0 Å². The molecule has 2 aromatic carbocycles. The summed E-state index contributed by atoms with van der Waals surface area (Å²) in [5.41, 5.74) is 2.29. The van der Waals surface area contributed by atoms with Crippen molar-refractivity contribution in [1.82, 2.24) is 14.5 Å². The Morgan fingerprint density at radius 3 is 2.45 bits per heavy atom. The number of benzene rings is 2. The van der Waals surface area contributed by atoms with Crippen LogP contribution in [-0.2, 0) is 11.3 Å². The smallest absolute Gasteiger partial charge is 0.262 e. The molecule has 33 heavy (non-hydrogen) atoms. The van der Waals surface area contributed by atoms with Crippen molar-refractivity contribution in [3.8, 4) is 10.4 Å². The molecule has 4 aromatic rings. The minimum absolute atomic E-state index is 0.0581. The second-order valence-electron chi connectivity index (χ2n) is 8.10. The molecule has 1 aliphatic heterocycles. The Bertz CT molecular complexity index is 1370. The predicted octanol–water partition coefficient (Wildman–Crippen LogP) is 3.92. The number of piperazine rings is 1. The van der Waals surface area contributed by atoms with Gasteiger partial charge in [-0.25, -0.2) is 9.37 Å². The van der Waals surface area contributed by atoms with Crippen molar-refractivity contribution in [2.75, 3.05) is 31.1 Å². The van der Waals surface area contributed by atoms with E-state index in [-0.39, 0.29) is 23.8 Å². The van der Waals surface area contributed by atoms with Gasteiger partial charge in [0.25, 0.3) is 5.56 Å². The monoisotopic (exact) mass is 462 g/mol. The third-order valence-corrected chi connectivity index (χ3v) is 7.33. The molecule has 0 radical (unpaired) electrons. The van der Waals surface area contributed by atoms with Crippen LogP contribution in [0.3, 0.4) is 0 Å². The fourth-order valence-corrected chi connectivity index (χ4v) is 5.43. The standard InChI is InChI=1S/C25H23FN4O2S/c1-17-22-24(33-23(17)18-7-3-2-4-8-18)27-16-30(25(22)32)15-21(31)29-13-11-28(12-14-29)20-10-6-5-9-19(20)26/h2-10,16H,11-15H2,1H3. The zero-order valence-electron chi connectivity index (χ0n) is 18.2. The highest BCUT2D eigenvalue weighted by atomic mass is 32.1. The Balaban J connectivity index is 1.33. The minimum atomic E-state index is -0.260. The predicted molar refractivity (Wildman–Crippen MR) is 129 cm³/mol. The number of thiophene rings is 1. The van der Waals surface area contributed by atoms with Crippen LogP contribution < -0.4 is 10.5 Å². The first kappa shape index (κ1) is 21.3. The van der Waals surface area contributed by atoms with E-state index in [1.165, 1.54) is 28.3 Å². The molecule has 3 heterocycles. The van der Waals surface area contributed by atoms with E-state index >= 15 is 0 Å². The van der Waals surface area contributed by atoms with E-state index in [1.807, 2.05) is 42.2 Å². The Morgan fingerprint density at radius 2 is 1.73 bits per heavy atom. The first-order chi connectivity index (χ1) is 16.0. The maximum atomic E-state index is 14.1. The van der Waals surface area contributed by atoms with Gasteiger partial charge < -0.3 is 9.80 Å². The second kappa shape index (κ2) is 8.78. The zero-order chi connectivity index (χ0) is 22.9. The van der Waals surface area contributed by atoms with Crippen LogP contribution in [0.5, 0.6) is 0 Å². The van der Waals surface area contributed by atoms with Gasteiger partial charge in [-0.3, -0.25) is 14.2 Å². The van der Waals surface area contributed by atoms with Gasteiger partial charge >= 0.3 is 0 Å². The molecule has 0 atom stereocenters. The number of para-hydroxylation sites is 1. The van der Waals surface area contributed by atoms with Crippen molar-refractivity contribution >= 4 is 33.1 Å². The first-order valence-corrected chi connectivity index (χ1v) is 11.7. The van der Waals surface area contributed by atoms with Gasteiger partial charge in [0, 0.05) is 31.1 Å². The molecular weight excluding hydrogens is 439 g/mol. The van der Waals surface area contributed by atoms with Gasteiger partial charge in [-0.1, -0.05) is 42.5 Å². The highest BCUT2D eigenvalue weighted by molar-refractivity contribution is 7.22. The molecule has 1 aliphatic rings. The molecule has 1 saturated heterocycles. The first-order valence-electron chi connectivity index (χ1n) is 10.8. The molecule has 0 unspecified atom stereocenters. The fourth-order valence-electron chi connectivity index (χ4n) is 4.29. The molecule has 0 spiro atoms. The van der Waals surface area contributed by atoms with Crippen molar-refractivity contribution in [3.63, 3.8) is 0 Å². The zero-order valence-corrected chi connectivity index (χ0v) is 19.0. The topological polar surface area (TPSA) is 58.4 Å². The van der Waals surface area contributed by atoms with E-state index in [2.05, 4.69) is 4.98 Å². The molecule has 0 aliphatic carbocycles. The van der Waals surface area contributed by atoms with Gasteiger partial charge in [-0.05, 0) is 30.2 Å². The number of hydrogen-bond donors (Lipinski definition) is 0. The number of halogens is 1. The number of rotatable bonds is 4. The van der Waals surface area contributed by atoms with Crippen LogP contribution in [-0.4, -0.2) is 46.5 Å². The lowest BCUT2D eigenvalue weighted by Crippen LogP contribution is -2.50. The summed E-state index contributed by atoms with van der Waals surface area (Å²) >= 11 is 1.49. The third-order valence-electron chi connectivity index (χ3n) is 6.08. The summed E-state index contributed by atoms with van der Waals surface area (Å²) in [5, 5.41) is 0.568. The van der Waals surface area contributed by atoms with Crippen molar-refractivity contribution in [2.45, 2.75) is 13.5 Å². The molecule has 1 amide bonds. The highest BCUT2D eigenvalue weighted by Gasteiger charge is 2.24. The Hall–Kier alpha value is -3.52. The van der Waals surface area contributed by atoms with E-state index in [0.29, 0.717) is 42.1 Å². The average molecular weight is 463 g/mol. The van der Waals surface area contributed by atoms with Crippen LogP contribution in [0.2, 0.25) is 0 Å². The van der Waals surface area contributed by atoms with Crippen molar-refractivity contribution in [2.24, 2.45) is 0 Å². The highest BCUT2D eigenvalue weighted by Crippen LogP contribution is 2.35. The number of carbonyl (C=O) groups is 1. The molecule has 1 fully saturated rings. The van der Waals surface area contributed by atoms with Gasteiger partial charge in [-0.15, -0.1) is 11.3 Å². The number of amides is 1. The van der Waals surface area contributed by atoms with Gasteiger partial charge in [0.2, 0.25) is 5.91 Å². The van der Waals surface area contributed by atoms with Crippen molar-refractivity contribution in [3.05, 3.63) is 82.7 Å². The normalized spacial score (nSPS) is 14.1. The molecule has 0 saturated carbocycles. The lowest BCUT2D eigenvalue weighted by molar-refractivity contribution is -0.132. The number of carbonyl (C=O) groups excluding carboxylic acids is 1. The van der Waals surface area contributed by atoms with Crippen LogP contribution >= 0.6 is 11.3 Å². The average Bonchev–Trinajstić information content (AvgIpc) is 3.19. The van der Waals surface area contributed by atoms with Crippen molar-refractivity contribution < 1.29 is 9.18 Å². The van der Waals surface area contributed by atoms with E-state index in [4.69, 9.17) is 0 Å². The second-order valence-corrected chi connectivity index (χ2v) is 9.10. The largest absolute Gasteiger partial charge is 0.366 e. The van der Waals surface area contributed by atoms with E-state index in [9.17, 15) is 14.0 Å². The molecule has 5 rings (SSSR count). The van der Waals surface area contributed by atoms with Gasteiger partial charge in [0.1, 0.15) is 17.2 Å². The third kappa shape index (κ3) is 4.02. The summed E-state index contributed by atoms with van der Waals surface area (Å²) in [6.45, 7) is 3.92. The SMILES string of the molecule is Cc1c(-c2ccccc2)sc2ncn(CC(=O)N3CCN(c4ccccc4F)CC3)c(=O)c12. The van der Waals surface area contributed by atoms with Crippen LogP contribution in [0.1, 0.15) is 5.56 Å². The number of fused-ring (bicyclic) bond motifs is 1. The van der Waals surface area contributed by atoms with Gasteiger partial charge in [-0.2, -0.15) is 0 Å². The summed E-state index contributed by atoms with van der Waals surface area (Å²) in [7, 11) is 0. The Labute approximate surface area is 194 Å². The molecule has 2 aromatic heterocycles. The van der Waals surface area contributed by atoms with Crippen LogP contribution in [0, 0.1) is 12.7 Å². The Kier molecular flexibility index (Phi) is 5.68. The number of nitrogens with zero attached hydrogens (tertiary/aromatic N) is 4. The number of hydrogen-bond acceptors (Lipinski definition) is 5. The molecule has 0 N–H and O–H groups in total. The molecule has 0 bridgehead atoms. The quantitative estimate of drug-likeness (QED) is 0.461. The van der Waals surface area contributed by atoms with Crippen LogP contribution in [0.25, 0.3) is 20.7 Å². The molecule has 168 valence electrons. The summed E-state index contributed by atoms with van der Waals surface area (Å²) in [6.07, 6.45) is 1.46. The van der Waals surface area contributed by atoms with E-state index in [1.54, 1.807) is 23.1 Å². The van der Waals surface area contributed by atoms with E-state index in [0.717, 1.165) is 16.0 Å². The molecule has 6 nitrogen and oxygen atoms in total.